The summed E-state index contributed by atoms with van der Waals surface area (Å²) in [7, 11) is 0. The van der Waals surface area contributed by atoms with Crippen molar-refractivity contribution in [1.29, 1.82) is 0 Å². The molecular weight excluding hydrogens is 326 g/mol. The standard InChI is InChI=1S/C16H13BrF2O/c17-12-2-1-11-9-16(20,6-5-10(11)7-12)14-8-13(18)3-4-15(14)19/h1-4,7-8,20H,5-6,9H2. The van der Waals surface area contributed by atoms with Crippen molar-refractivity contribution in [2.45, 2.75) is 24.9 Å². The van der Waals surface area contributed by atoms with Crippen molar-refractivity contribution in [1.82, 2.24) is 0 Å². The molecule has 0 saturated carbocycles. The maximum atomic E-state index is 13.9. The predicted molar refractivity (Wildman–Crippen MR) is 76.4 cm³/mol. The molecule has 0 saturated heterocycles. The van der Waals surface area contributed by atoms with E-state index in [0.29, 0.717) is 19.3 Å². The van der Waals surface area contributed by atoms with E-state index in [2.05, 4.69) is 15.9 Å². The fraction of sp³-hybridized carbons (Fsp3) is 0.250. The Morgan fingerprint density at radius 3 is 2.65 bits per heavy atom. The van der Waals surface area contributed by atoms with Gasteiger partial charge in [-0.15, -0.1) is 0 Å². The Bertz CT molecular complexity index is 672. The highest BCUT2D eigenvalue weighted by atomic mass is 79.9. The third kappa shape index (κ3) is 2.38. The second-order valence-electron chi connectivity index (χ2n) is 5.25. The first-order valence-electron chi connectivity index (χ1n) is 6.43. The lowest BCUT2D eigenvalue weighted by molar-refractivity contribution is 0.0185. The van der Waals surface area contributed by atoms with Gasteiger partial charge in [-0.05, 0) is 54.3 Å². The third-order valence-electron chi connectivity index (χ3n) is 3.89. The van der Waals surface area contributed by atoms with E-state index in [1.54, 1.807) is 0 Å². The quantitative estimate of drug-likeness (QED) is 0.829. The Hall–Kier alpha value is -1.26. The van der Waals surface area contributed by atoms with Gasteiger partial charge in [0.25, 0.3) is 0 Å². The molecule has 0 bridgehead atoms. The Kier molecular flexibility index (Phi) is 3.38. The highest BCUT2D eigenvalue weighted by Crippen LogP contribution is 2.38. The molecule has 0 amide bonds. The summed E-state index contributed by atoms with van der Waals surface area (Å²) in [5.41, 5.74) is 0.824. The van der Waals surface area contributed by atoms with Crippen LogP contribution in [0.4, 0.5) is 8.78 Å². The zero-order chi connectivity index (χ0) is 14.3. The number of hydrogen-bond acceptors (Lipinski definition) is 1. The number of rotatable bonds is 1. The van der Waals surface area contributed by atoms with Crippen LogP contribution in [0.1, 0.15) is 23.1 Å². The van der Waals surface area contributed by atoms with Gasteiger partial charge >= 0.3 is 0 Å². The highest BCUT2D eigenvalue weighted by molar-refractivity contribution is 9.10. The molecule has 0 aliphatic heterocycles. The van der Waals surface area contributed by atoms with Gasteiger partial charge in [-0.1, -0.05) is 22.0 Å². The average Bonchev–Trinajstić information content (AvgIpc) is 2.42. The molecule has 0 aromatic heterocycles. The fourth-order valence-electron chi connectivity index (χ4n) is 2.83. The number of aryl methyl sites for hydroxylation is 1. The van der Waals surface area contributed by atoms with E-state index in [-0.39, 0.29) is 5.56 Å². The minimum Gasteiger partial charge on any atom is -0.385 e. The largest absolute Gasteiger partial charge is 0.385 e. The molecule has 1 aliphatic carbocycles. The van der Waals surface area contributed by atoms with E-state index in [9.17, 15) is 13.9 Å². The zero-order valence-electron chi connectivity index (χ0n) is 10.7. The Balaban J connectivity index is 2.02. The Labute approximate surface area is 124 Å². The van der Waals surface area contributed by atoms with E-state index in [0.717, 1.165) is 33.8 Å². The van der Waals surface area contributed by atoms with Crippen molar-refractivity contribution >= 4 is 15.9 Å². The predicted octanol–water partition coefficient (Wildman–Crippen LogP) is 4.10. The highest BCUT2D eigenvalue weighted by Gasteiger charge is 2.36. The molecule has 1 nitrogen and oxygen atoms in total. The third-order valence-corrected chi connectivity index (χ3v) is 4.38. The number of fused-ring (bicyclic) bond motifs is 1. The molecule has 0 heterocycles. The molecule has 2 aromatic carbocycles. The van der Waals surface area contributed by atoms with Crippen LogP contribution in [0.25, 0.3) is 0 Å². The summed E-state index contributed by atoms with van der Waals surface area (Å²) in [6.07, 6.45) is 1.33. The van der Waals surface area contributed by atoms with Gasteiger partial charge in [0.05, 0.1) is 5.60 Å². The molecule has 4 heteroatoms. The summed E-state index contributed by atoms with van der Waals surface area (Å²) >= 11 is 3.41. The van der Waals surface area contributed by atoms with Gasteiger partial charge in [0.15, 0.2) is 0 Å². The molecule has 1 atom stereocenters. The van der Waals surface area contributed by atoms with Crippen LogP contribution in [0.5, 0.6) is 0 Å². The van der Waals surface area contributed by atoms with Crippen molar-refractivity contribution in [2.24, 2.45) is 0 Å². The molecule has 20 heavy (non-hydrogen) atoms. The first kappa shape index (κ1) is 13.7. The molecule has 0 radical (unpaired) electrons. The average molecular weight is 339 g/mol. The van der Waals surface area contributed by atoms with E-state index in [4.69, 9.17) is 0 Å². The smallest absolute Gasteiger partial charge is 0.129 e. The van der Waals surface area contributed by atoms with Crippen LogP contribution >= 0.6 is 15.9 Å². The van der Waals surface area contributed by atoms with Gasteiger partial charge in [0.1, 0.15) is 11.6 Å². The molecule has 1 unspecified atom stereocenters. The van der Waals surface area contributed by atoms with E-state index >= 15 is 0 Å². The topological polar surface area (TPSA) is 20.2 Å². The minimum atomic E-state index is -1.34. The van der Waals surface area contributed by atoms with Gasteiger partial charge in [0, 0.05) is 16.5 Å². The fourth-order valence-corrected chi connectivity index (χ4v) is 3.24. The van der Waals surface area contributed by atoms with Crippen LogP contribution in [0.2, 0.25) is 0 Å². The molecule has 3 rings (SSSR count). The number of aliphatic hydroxyl groups is 1. The van der Waals surface area contributed by atoms with E-state index < -0.39 is 17.2 Å². The van der Waals surface area contributed by atoms with E-state index in [1.807, 2.05) is 18.2 Å². The van der Waals surface area contributed by atoms with Crippen LogP contribution in [0.3, 0.4) is 0 Å². The number of benzene rings is 2. The lowest BCUT2D eigenvalue weighted by atomic mass is 9.76. The van der Waals surface area contributed by atoms with Gasteiger partial charge in [-0.3, -0.25) is 0 Å². The van der Waals surface area contributed by atoms with Gasteiger partial charge < -0.3 is 5.11 Å². The molecular formula is C16H13BrF2O. The van der Waals surface area contributed by atoms with Crippen LogP contribution in [-0.4, -0.2) is 5.11 Å². The van der Waals surface area contributed by atoms with Crippen molar-refractivity contribution in [2.75, 3.05) is 0 Å². The summed E-state index contributed by atoms with van der Waals surface area (Å²) in [6, 6.07) is 9.05. The van der Waals surface area contributed by atoms with Crippen molar-refractivity contribution in [3.63, 3.8) is 0 Å². The summed E-state index contributed by atoms with van der Waals surface area (Å²) in [5, 5.41) is 10.7. The molecule has 0 spiro atoms. The van der Waals surface area contributed by atoms with Gasteiger partial charge in [-0.2, -0.15) is 0 Å². The summed E-state index contributed by atoms with van der Waals surface area (Å²) in [6.45, 7) is 0. The number of halogens is 3. The second-order valence-corrected chi connectivity index (χ2v) is 6.16. The summed E-state index contributed by atoms with van der Waals surface area (Å²) < 4.78 is 28.2. The van der Waals surface area contributed by atoms with Crippen LogP contribution in [0, 0.1) is 11.6 Å². The monoisotopic (exact) mass is 338 g/mol. The van der Waals surface area contributed by atoms with Crippen molar-refractivity contribution in [3.8, 4) is 0 Å². The first-order valence-corrected chi connectivity index (χ1v) is 7.22. The van der Waals surface area contributed by atoms with E-state index in [1.165, 1.54) is 0 Å². The lowest BCUT2D eigenvalue weighted by Gasteiger charge is -2.34. The van der Waals surface area contributed by atoms with Gasteiger partial charge in [-0.25, -0.2) is 8.78 Å². The molecule has 1 aliphatic rings. The number of hydrogen-bond donors (Lipinski definition) is 1. The van der Waals surface area contributed by atoms with Crippen LogP contribution < -0.4 is 0 Å². The first-order chi connectivity index (χ1) is 9.48. The molecule has 1 N–H and O–H groups in total. The van der Waals surface area contributed by atoms with Gasteiger partial charge in [0.2, 0.25) is 0 Å². The lowest BCUT2D eigenvalue weighted by Crippen LogP contribution is -2.34. The Morgan fingerprint density at radius 2 is 1.85 bits per heavy atom. The SMILES string of the molecule is OC1(c2cc(F)ccc2F)CCc2cc(Br)ccc2C1. The maximum Gasteiger partial charge on any atom is 0.129 e. The maximum absolute atomic E-state index is 13.9. The second kappa shape index (κ2) is 4.93. The Morgan fingerprint density at radius 1 is 1.05 bits per heavy atom. The van der Waals surface area contributed by atoms with Crippen LogP contribution in [0.15, 0.2) is 40.9 Å². The van der Waals surface area contributed by atoms with Crippen molar-refractivity contribution in [3.05, 3.63) is 69.2 Å². The zero-order valence-corrected chi connectivity index (χ0v) is 12.3. The molecule has 0 fully saturated rings. The minimum absolute atomic E-state index is 0.0473. The normalized spacial score (nSPS) is 21.6. The molecule has 2 aromatic rings. The summed E-state index contributed by atoms with van der Waals surface area (Å²) in [4.78, 5) is 0. The van der Waals surface area contributed by atoms with Crippen LogP contribution in [-0.2, 0) is 18.4 Å². The van der Waals surface area contributed by atoms with Crippen molar-refractivity contribution < 1.29 is 13.9 Å². The molecule has 104 valence electrons. The summed E-state index contributed by atoms with van der Waals surface area (Å²) in [5.74, 6) is -1.09.